The fourth-order valence-corrected chi connectivity index (χ4v) is 8.42. The molecule has 0 heterocycles. The van der Waals surface area contributed by atoms with Gasteiger partial charge in [0.1, 0.15) is 5.78 Å². The lowest BCUT2D eigenvalue weighted by Gasteiger charge is -2.38. The van der Waals surface area contributed by atoms with Gasteiger partial charge in [-0.15, -0.1) is 0 Å². The molecular formula is C17H29NO5S2. The maximum absolute atomic E-state index is 12.7. The van der Waals surface area contributed by atoms with Crippen LogP contribution in [0.2, 0.25) is 0 Å². The topological polar surface area (TPSA) is 93.5 Å². The highest BCUT2D eigenvalue weighted by atomic mass is 32.3. The van der Waals surface area contributed by atoms with Crippen LogP contribution in [0, 0.1) is 28.1 Å². The molecule has 25 heavy (non-hydrogen) atoms. The lowest BCUT2D eigenvalue weighted by atomic mass is 9.70. The minimum atomic E-state index is -3.88. The molecule has 0 aromatic carbocycles. The van der Waals surface area contributed by atoms with Crippen molar-refractivity contribution in [3.05, 3.63) is 0 Å². The van der Waals surface area contributed by atoms with E-state index in [0.717, 1.165) is 6.42 Å². The molecule has 8 heteroatoms. The van der Waals surface area contributed by atoms with E-state index in [-0.39, 0.29) is 22.9 Å². The van der Waals surface area contributed by atoms with Gasteiger partial charge in [0.05, 0.1) is 23.8 Å². The molecule has 2 aliphatic carbocycles. The number of ketones is 1. The van der Waals surface area contributed by atoms with Crippen LogP contribution in [0.1, 0.15) is 52.4 Å². The van der Waals surface area contributed by atoms with Gasteiger partial charge in [-0.2, -0.15) is 27.9 Å². The summed E-state index contributed by atoms with van der Waals surface area (Å²) in [7, 11) is -6.11. The van der Waals surface area contributed by atoms with E-state index in [1.165, 1.54) is 0 Å². The lowest BCUT2D eigenvalue weighted by Crippen LogP contribution is -2.42. The first kappa shape index (κ1) is 20.7. The molecule has 0 aromatic rings. The van der Waals surface area contributed by atoms with Crippen LogP contribution < -0.4 is 0 Å². The Bertz CT molecular complexity index is 665. The highest BCUT2D eigenvalue weighted by Crippen LogP contribution is 2.64. The lowest BCUT2D eigenvalue weighted by molar-refractivity contribution is -0.128. The molecular weight excluding hydrogens is 362 g/mol. The first-order valence-corrected chi connectivity index (χ1v) is 12.6. The van der Waals surface area contributed by atoms with E-state index in [1.807, 2.05) is 13.8 Å². The van der Waals surface area contributed by atoms with Gasteiger partial charge in [0.25, 0.3) is 10.1 Å². The van der Waals surface area contributed by atoms with Gasteiger partial charge in [0.2, 0.25) is 0 Å². The molecule has 2 atom stereocenters. The first-order valence-electron chi connectivity index (χ1n) is 8.67. The summed E-state index contributed by atoms with van der Waals surface area (Å²) < 4.78 is 36.4. The Labute approximate surface area is 153 Å². The van der Waals surface area contributed by atoms with Gasteiger partial charge in [0.15, 0.2) is 0 Å². The normalized spacial score (nSPS) is 28.9. The molecule has 0 N–H and O–H groups in total. The van der Waals surface area contributed by atoms with Crippen molar-refractivity contribution in [3.8, 4) is 6.07 Å². The third-order valence-corrected chi connectivity index (χ3v) is 9.60. The van der Waals surface area contributed by atoms with Crippen molar-refractivity contribution < 1.29 is 21.0 Å². The average molecular weight is 392 g/mol. The van der Waals surface area contributed by atoms with Gasteiger partial charge in [0, 0.05) is 25.4 Å². The predicted octanol–water partition coefficient (Wildman–Crippen LogP) is 3.33. The maximum atomic E-state index is 12.7. The van der Waals surface area contributed by atoms with Gasteiger partial charge in [-0.25, -0.2) is 0 Å². The highest BCUT2D eigenvalue weighted by molar-refractivity contribution is 8.28. The van der Waals surface area contributed by atoms with E-state index >= 15 is 0 Å². The number of Topliss-reactive ketones (excluding diaryl/α,β-unsaturated/α-hetero) is 1. The standard InChI is InChI=1S/C17H29NO5S2/c1-16(2)14-8-9-17(16,15(19)12-14)13-25(20,21)23-24(3,4)22-11-7-5-6-10-18/h14H,5-9,11-13H2,1-4H3. The van der Waals surface area contributed by atoms with Crippen molar-refractivity contribution in [2.45, 2.75) is 52.4 Å². The average Bonchev–Trinajstić information content (AvgIpc) is 2.79. The smallest absolute Gasteiger partial charge is 0.286 e. The zero-order valence-corrected chi connectivity index (χ0v) is 17.2. The van der Waals surface area contributed by atoms with E-state index < -0.39 is 26.1 Å². The van der Waals surface area contributed by atoms with Gasteiger partial charge in [-0.3, -0.25) is 8.98 Å². The van der Waals surface area contributed by atoms with Crippen molar-refractivity contribution in [3.63, 3.8) is 0 Å². The summed E-state index contributed by atoms with van der Waals surface area (Å²) in [5, 5.41) is 8.51. The summed E-state index contributed by atoms with van der Waals surface area (Å²) in [6, 6.07) is 2.06. The molecule has 0 saturated heterocycles. The van der Waals surface area contributed by atoms with Gasteiger partial charge < -0.3 is 0 Å². The Morgan fingerprint density at radius 1 is 1.28 bits per heavy atom. The molecule has 2 rings (SSSR count). The van der Waals surface area contributed by atoms with Crippen LogP contribution in [0.25, 0.3) is 0 Å². The number of fused-ring (bicyclic) bond motifs is 2. The minimum Gasteiger partial charge on any atom is -0.299 e. The van der Waals surface area contributed by atoms with E-state index in [4.69, 9.17) is 13.1 Å². The second-order valence-electron chi connectivity index (χ2n) is 8.02. The van der Waals surface area contributed by atoms with Crippen LogP contribution in [-0.4, -0.2) is 39.1 Å². The van der Waals surface area contributed by atoms with E-state index in [9.17, 15) is 13.2 Å². The molecule has 2 fully saturated rings. The molecule has 2 saturated carbocycles. The zero-order chi connectivity index (χ0) is 18.9. The molecule has 144 valence electrons. The van der Waals surface area contributed by atoms with Crippen LogP contribution in [0.15, 0.2) is 0 Å². The molecule has 0 spiro atoms. The summed E-state index contributed by atoms with van der Waals surface area (Å²) in [6.45, 7) is 4.38. The second kappa shape index (κ2) is 7.18. The monoisotopic (exact) mass is 391 g/mol. The molecule has 2 bridgehead atoms. The predicted molar refractivity (Wildman–Crippen MR) is 98.3 cm³/mol. The van der Waals surface area contributed by atoms with Crippen molar-refractivity contribution in [2.75, 3.05) is 24.9 Å². The number of unbranched alkanes of at least 4 members (excludes halogenated alkanes) is 2. The van der Waals surface area contributed by atoms with Crippen LogP contribution in [0.4, 0.5) is 0 Å². The Kier molecular flexibility index (Phi) is 5.94. The first-order chi connectivity index (χ1) is 11.5. The second-order valence-corrected chi connectivity index (χ2v) is 12.5. The molecule has 0 radical (unpaired) electrons. The van der Waals surface area contributed by atoms with Gasteiger partial charge in [-0.1, -0.05) is 13.8 Å². The number of nitriles is 1. The van der Waals surface area contributed by atoms with Crippen LogP contribution in [-0.2, 0) is 22.7 Å². The van der Waals surface area contributed by atoms with Crippen molar-refractivity contribution in [2.24, 2.45) is 16.7 Å². The summed E-state index contributed by atoms with van der Waals surface area (Å²) in [4.78, 5) is 12.5. The molecule has 0 aliphatic heterocycles. The third kappa shape index (κ3) is 4.21. The van der Waals surface area contributed by atoms with Gasteiger partial charge in [-0.05, 0) is 37.0 Å². The Balaban J connectivity index is 2.00. The number of hydrogen-bond donors (Lipinski definition) is 0. The van der Waals surface area contributed by atoms with Gasteiger partial charge >= 0.3 is 0 Å². The van der Waals surface area contributed by atoms with Crippen molar-refractivity contribution in [1.29, 1.82) is 5.26 Å². The fraction of sp³-hybridized carbons (Fsp3) is 0.882. The van der Waals surface area contributed by atoms with E-state index in [2.05, 4.69) is 6.07 Å². The van der Waals surface area contributed by atoms with Crippen LogP contribution in [0.5, 0.6) is 0 Å². The van der Waals surface area contributed by atoms with Crippen LogP contribution in [0.3, 0.4) is 0 Å². The summed E-state index contributed by atoms with van der Waals surface area (Å²) in [5.41, 5.74) is -1.13. The maximum Gasteiger partial charge on any atom is 0.286 e. The number of carbonyl (C=O) groups is 1. The number of hydrogen-bond acceptors (Lipinski definition) is 6. The molecule has 0 amide bonds. The molecule has 6 nitrogen and oxygen atoms in total. The Hall–Kier alpha value is -0.620. The summed E-state index contributed by atoms with van der Waals surface area (Å²) in [6.07, 6.45) is 7.15. The minimum absolute atomic E-state index is 0.0613. The quantitative estimate of drug-likeness (QED) is 0.560. The highest BCUT2D eigenvalue weighted by Gasteiger charge is 2.65. The molecule has 2 unspecified atom stereocenters. The zero-order valence-electron chi connectivity index (χ0n) is 15.5. The summed E-state index contributed by atoms with van der Waals surface area (Å²) >= 11 is 0. The summed E-state index contributed by atoms with van der Waals surface area (Å²) in [5.74, 6) is 0.0782. The third-order valence-electron chi connectivity index (χ3n) is 5.88. The van der Waals surface area contributed by atoms with E-state index in [1.54, 1.807) is 12.5 Å². The SMILES string of the molecule is CC1(C)C2CCC1(CS(=O)(=O)OS(C)(C)OCCCCC#N)C(=O)C2. The van der Waals surface area contributed by atoms with Crippen molar-refractivity contribution in [1.82, 2.24) is 0 Å². The largest absolute Gasteiger partial charge is 0.299 e. The van der Waals surface area contributed by atoms with Crippen LogP contribution >= 0.6 is 10.6 Å². The Morgan fingerprint density at radius 3 is 2.48 bits per heavy atom. The number of rotatable bonds is 9. The number of carbonyl (C=O) groups excluding carboxylic acids is 1. The Morgan fingerprint density at radius 2 is 1.96 bits per heavy atom. The molecule has 2 aliphatic rings. The fourth-order valence-electron chi connectivity index (χ4n) is 4.27. The van der Waals surface area contributed by atoms with E-state index in [0.29, 0.717) is 38.7 Å². The van der Waals surface area contributed by atoms with Crippen molar-refractivity contribution >= 4 is 26.5 Å². The number of nitrogens with zero attached hydrogens (tertiary/aromatic N) is 1. The molecule has 0 aromatic heterocycles.